The molecule has 0 aromatic heterocycles. The predicted octanol–water partition coefficient (Wildman–Crippen LogP) is 3.94. The van der Waals surface area contributed by atoms with Gasteiger partial charge in [-0.1, -0.05) is 24.6 Å². The maximum absolute atomic E-state index is 13.8. The SMILES string of the molecule is CCN1c2cc(C(=O)NCc3ccccc3F)ccc2C(=O)N2CCCCCC21. The Morgan fingerprint density at radius 1 is 1.17 bits per heavy atom. The minimum Gasteiger partial charge on any atom is -0.351 e. The molecule has 0 aliphatic carbocycles. The first-order chi connectivity index (χ1) is 14.1. The normalized spacial score (nSPS) is 18.7. The monoisotopic (exact) mass is 395 g/mol. The fourth-order valence-electron chi connectivity index (χ4n) is 4.36. The van der Waals surface area contributed by atoms with Gasteiger partial charge < -0.3 is 15.1 Å². The summed E-state index contributed by atoms with van der Waals surface area (Å²) in [5, 5.41) is 2.78. The molecular formula is C23H26FN3O2. The Kier molecular flexibility index (Phi) is 5.51. The van der Waals surface area contributed by atoms with Gasteiger partial charge in [0.25, 0.3) is 11.8 Å². The highest BCUT2D eigenvalue weighted by Crippen LogP contribution is 2.35. The van der Waals surface area contributed by atoms with Crippen LogP contribution in [0.2, 0.25) is 0 Å². The number of halogens is 1. The third kappa shape index (κ3) is 3.71. The molecule has 1 fully saturated rings. The van der Waals surface area contributed by atoms with E-state index in [9.17, 15) is 14.0 Å². The van der Waals surface area contributed by atoms with Crippen LogP contribution in [0.15, 0.2) is 42.5 Å². The average molecular weight is 395 g/mol. The number of amides is 2. The first-order valence-electron chi connectivity index (χ1n) is 10.3. The number of carbonyl (C=O) groups is 2. The van der Waals surface area contributed by atoms with Crippen LogP contribution in [0.25, 0.3) is 0 Å². The second kappa shape index (κ2) is 8.23. The first-order valence-corrected chi connectivity index (χ1v) is 10.3. The van der Waals surface area contributed by atoms with Gasteiger partial charge >= 0.3 is 0 Å². The Balaban J connectivity index is 1.59. The summed E-state index contributed by atoms with van der Waals surface area (Å²) in [4.78, 5) is 29.9. The van der Waals surface area contributed by atoms with E-state index in [0.717, 1.165) is 44.5 Å². The number of rotatable bonds is 4. The Bertz CT molecular complexity index is 930. The summed E-state index contributed by atoms with van der Waals surface area (Å²) >= 11 is 0. The number of benzene rings is 2. The van der Waals surface area contributed by atoms with Gasteiger partial charge in [-0.25, -0.2) is 4.39 Å². The van der Waals surface area contributed by atoms with Crippen LogP contribution in [0.1, 0.15) is 58.9 Å². The van der Waals surface area contributed by atoms with Crippen molar-refractivity contribution in [3.8, 4) is 0 Å². The third-order valence-corrected chi connectivity index (χ3v) is 5.88. The molecule has 0 spiro atoms. The number of anilines is 1. The van der Waals surface area contributed by atoms with Gasteiger partial charge in [-0.05, 0) is 50.5 Å². The van der Waals surface area contributed by atoms with Crippen LogP contribution < -0.4 is 10.2 Å². The molecule has 29 heavy (non-hydrogen) atoms. The summed E-state index contributed by atoms with van der Waals surface area (Å²) in [6.07, 6.45) is 4.27. The molecule has 2 aliphatic heterocycles. The van der Waals surface area contributed by atoms with Gasteiger partial charge in [-0.3, -0.25) is 9.59 Å². The molecule has 1 N–H and O–H groups in total. The number of hydrogen-bond acceptors (Lipinski definition) is 3. The molecule has 1 unspecified atom stereocenters. The molecule has 0 saturated carbocycles. The van der Waals surface area contributed by atoms with Gasteiger partial charge in [0.15, 0.2) is 0 Å². The van der Waals surface area contributed by atoms with Crippen molar-refractivity contribution >= 4 is 17.5 Å². The number of hydrogen-bond donors (Lipinski definition) is 1. The number of carbonyl (C=O) groups excluding carboxylic acids is 2. The molecule has 0 bridgehead atoms. The molecule has 4 rings (SSSR count). The van der Waals surface area contributed by atoms with Crippen molar-refractivity contribution in [1.29, 1.82) is 0 Å². The molecule has 2 aromatic rings. The van der Waals surface area contributed by atoms with Crippen molar-refractivity contribution in [1.82, 2.24) is 10.2 Å². The van der Waals surface area contributed by atoms with Gasteiger partial charge in [0.1, 0.15) is 12.0 Å². The van der Waals surface area contributed by atoms with E-state index in [0.29, 0.717) is 16.7 Å². The van der Waals surface area contributed by atoms with Crippen LogP contribution in [0, 0.1) is 5.82 Å². The van der Waals surface area contributed by atoms with E-state index >= 15 is 0 Å². The van der Waals surface area contributed by atoms with Crippen LogP contribution in [0.4, 0.5) is 10.1 Å². The zero-order valence-electron chi connectivity index (χ0n) is 16.7. The molecule has 152 valence electrons. The van der Waals surface area contributed by atoms with Gasteiger partial charge in [-0.15, -0.1) is 0 Å². The van der Waals surface area contributed by atoms with Crippen LogP contribution in [0.5, 0.6) is 0 Å². The average Bonchev–Trinajstić information content (AvgIpc) is 2.99. The topological polar surface area (TPSA) is 52.7 Å². The Morgan fingerprint density at radius 2 is 2.00 bits per heavy atom. The largest absolute Gasteiger partial charge is 0.351 e. The van der Waals surface area contributed by atoms with E-state index < -0.39 is 0 Å². The van der Waals surface area contributed by atoms with E-state index in [1.807, 2.05) is 4.90 Å². The summed E-state index contributed by atoms with van der Waals surface area (Å²) in [6.45, 7) is 3.75. The highest BCUT2D eigenvalue weighted by molar-refractivity contribution is 6.04. The van der Waals surface area contributed by atoms with Crippen molar-refractivity contribution in [2.24, 2.45) is 0 Å². The standard InChI is InChI=1S/C23H26FN3O2/c1-2-26-20-14-16(22(28)25-15-17-8-5-6-9-19(17)24)11-12-18(20)23(29)27-13-7-3-4-10-21(26)27/h5-6,8-9,11-12,14,21H,2-4,7,10,13,15H2,1H3,(H,25,28). The van der Waals surface area contributed by atoms with E-state index in [1.165, 1.54) is 6.07 Å². The Morgan fingerprint density at radius 3 is 2.79 bits per heavy atom. The quantitative estimate of drug-likeness (QED) is 0.853. The molecule has 2 amide bonds. The number of nitrogens with one attached hydrogen (secondary N) is 1. The van der Waals surface area contributed by atoms with Gasteiger partial charge in [0.05, 0.1) is 11.3 Å². The predicted molar refractivity (Wildman–Crippen MR) is 110 cm³/mol. The second-order valence-corrected chi connectivity index (χ2v) is 7.62. The van der Waals surface area contributed by atoms with Crippen LogP contribution in [0.3, 0.4) is 0 Å². The molecule has 2 heterocycles. The van der Waals surface area contributed by atoms with Crippen molar-refractivity contribution in [2.45, 2.75) is 45.3 Å². The van der Waals surface area contributed by atoms with Crippen LogP contribution in [-0.2, 0) is 6.54 Å². The molecule has 2 aliphatic rings. The number of fused-ring (bicyclic) bond motifs is 2. The molecule has 1 atom stereocenters. The Hall–Kier alpha value is -2.89. The minimum atomic E-state index is -0.338. The fraction of sp³-hybridized carbons (Fsp3) is 0.391. The lowest BCUT2D eigenvalue weighted by Gasteiger charge is -2.44. The summed E-state index contributed by atoms with van der Waals surface area (Å²) in [6, 6.07) is 11.6. The lowest BCUT2D eigenvalue weighted by molar-refractivity contribution is 0.0656. The zero-order chi connectivity index (χ0) is 20.4. The van der Waals surface area contributed by atoms with Crippen molar-refractivity contribution in [3.63, 3.8) is 0 Å². The van der Waals surface area contributed by atoms with Crippen LogP contribution in [-0.4, -0.2) is 36.0 Å². The molecular weight excluding hydrogens is 369 g/mol. The molecule has 5 nitrogen and oxygen atoms in total. The van der Waals surface area contributed by atoms with Gasteiger partial charge in [0, 0.05) is 30.8 Å². The smallest absolute Gasteiger partial charge is 0.257 e. The van der Waals surface area contributed by atoms with E-state index in [4.69, 9.17) is 0 Å². The van der Waals surface area contributed by atoms with E-state index in [-0.39, 0.29) is 30.3 Å². The highest BCUT2D eigenvalue weighted by atomic mass is 19.1. The van der Waals surface area contributed by atoms with Crippen molar-refractivity contribution in [3.05, 3.63) is 65.0 Å². The van der Waals surface area contributed by atoms with Crippen molar-refractivity contribution < 1.29 is 14.0 Å². The van der Waals surface area contributed by atoms with Gasteiger partial charge in [-0.2, -0.15) is 0 Å². The lowest BCUT2D eigenvalue weighted by atomic mass is 10.0. The molecule has 2 aromatic carbocycles. The summed E-state index contributed by atoms with van der Waals surface area (Å²) in [7, 11) is 0. The highest BCUT2D eigenvalue weighted by Gasteiger charge is 2.37. The molecule has 6 heteroatoms. The third-order valence-electron chi connectivity index (χ3n) is 5.88. The van der Waals surface area contributed by atoms with Crippen molar-refractivity contribution in [2.75, 3.05) is 18.0 Å². The maximum atomic E-state index is 13.8. The Labute approximate surface area is 170 Å². The zero-order valence-corrected chi connectivity index (χ0v) is 16.7. The first kappa shape index (κ1) is 19.4. The minimum absolute atomic E-state index is 0.0508. The van der Waals surface area contributed by atoms with Crippen LogP contribution >= 0.6 is 0 Å². The van der Waals surface area contributed by atoms with E-state index in [1.54, 1.807) is 36.4 Å². The fourth-order valence-corrected chi connectivity index (χ4v) is 4.36. The summed E-state index contributed by atoms with van der Waals surface area (Å²) in [5.74, 6) is -0.563. The summed E-state index contributed by atoms with van der Waals surface area (Å²) in [5.41, 5.74) is 2.39. The van der Waals surface area contributed by atoms with Gasteiger partial charge in [0.2, 0.25) is 0 Å². The molecule has 1 saturated heterocycles. The number of nitrogens with zero attached hydrogens (tertiary/aromatic N) is 2. The maximum Gasteiger partial charge on any atom is 0.257 e. The summed E-state index contributed by atoms with van der Waals surface area (Å²) < 4.78 is 13.8. The second-order valence-electron chi connectivity index (χ2n) is 7.62. The molecule has 0 radical (unpaired) electrons. The van der Waals surface area contributed by atoms with E-state index in [2.05, 4.69) is 17.1 Å². The lowest BCUT2D eigenvalue weighted by Crippen LogP contribution is -2.55.